The molecule has 0 saturated carbocycles. The van der Waals surface area contributed by atoms with Gasteiger partial charge in [-0.05, 0) is 32.3 Å². The molecule has 28 heavy (non-hydrogen) atoms. The number of nitrogens with one attached hydrogen (secondary N) is 2. The molecule has 2 atom stereocenters. The number of carbonyl (C=O) groups is 2. The number of carbonyl (C=O) groups excluding carboxylic acids is 2. The van der Waals surface area contributed by atoms with Gasteiger partial charge in [0.05, 0.1) is 24.5 Å². The minimum Gasteiger partial charge on any atom is -0.466 e. The SMILES string of the molecule is CCCCOC(=O)NC1CC(C(=O)OCC)CCN1c1ncnc2[nH]ccc12. The van der Waals surface area contributed by atoms with Crippen molar-refractivity contribution in [3.63, 3.8) is 0 Å². The summed E-state index contributed by atoms with van der Waals surface area (Å²) in [6.45, 7) is 5.08. The number of fused-ring (bicyclic) bond motifs is 1. The van der Waals surface area contributed by atoms with Crippen LogP contribution < -0.4 is 10.2 Å². The molecule has 0 radical (unpaired) electrons. The summed E-state index contributed by atoms with van der Waals surface area (Å²) in [5.74, 6) is 0.205. The second-order valence-corrected chi connectivity index (χ2v) is 6.75. The van der Waals surface area contributed by atoms with Crippen LogP contribution in [-0.4, -0.2) is 52.9 Å². The molecule has 1 aliphatic rings. The van der Waals surface area contributed by atoms with Crippen LogP contribution in [0.2, 0.25) is 0 Å². The van der Waals surface area contributed by atoms with E-state index in [1.807, 2.05) is 17.9 Å². The number of unbranched alkanes of at least 4 members (excludes halogenated alkanes) is 1. The Kier molecular flexibility index (Phi) is 6.67. The van der Waals surface area contributed by atoms with Crippen LogP contribution in [0, 0.1) is 5.92 Å². The first kappa shape index (κ1) is 19.9. The zero-order valence-electron chi connectivity index (χ0n) is 16.3. The minimum absolute atomic E-state index is 0.234. The molecule has 2 aromatic heterocycles. The molecule has 2 aromatic rings. The molecule has 1 aliphatic heterocycles. The van der Waals surface area contributed by atoms with Gasteiger partial charge >= 0.3 is 12.1 Å². The second kappa shape index (κ2) is 9.38. The summed E-state index contributed by atoms with van der Waals surface area (Å²) in [5.41, 5.74) is 0.724. The molecule has 9 nitrogen and oxygen atoms in total. The molecule has 0 aromatic carbocycles. The number of nitrogens with zero attached hydrogens (tertiary/aromatic N) is 3. The van der Waals surface area contributed by atoms with Gasteiger partial charge in [0.15, 0.2) is 0 Å². The Bertz CT molecular complexity index is 808. The van der Waals surface area contributed by atoms with Crippen molar-refractivity contribution in [3.8, 4) is 0 Å². The number of rotatable bonds is 7. The third-order valence-corrected chi connectivity index (χ3v) is 4.84. The van der Waals surface area contributed by atoms with Crippen LogP contribution in [0.15, 0.2) is 18.6 Å². The number of amides is 1. The quantitative estimate of drug-likeness (QED) is 0.553. The highest BCUT2D eigenvalue weighted by molar-refractivity contribution is 5.87. The van der Waals surface area contributed by atoms with E-state index < -0.39 is 12.3 Å². The number of piperidine rings is 1. The molecule has 1 saturated heterocycles. The van der Waals surface area contributed by atoms with Crippen molar-refractivity contribution in [2.45, 2.75) is 45.7 Å². The second-order valence-electron chi connectivity index (χ2n) is 6.75. The Hall–Kier alpha value is -2.84. The van der Waals surface area contributed by atoms with Crippen LogP contribution in [0.3, 0.4) is 0 Å². The molecule has 9 heteroatoms. The predicted octanol–water partition coefficient (Wildman–Crippen LogP) is 2.59. The van der Waals surface area contributed by atoms with Crippen molar-refractivity contribution in [1.82, 2.24) is 20.3 Å². The topological polar surface area (TPSA) is 109 Å². The van der Waals surface area contributed by atoms with Crippen molar-refractivity contribution >= 4 is 28.9 Å². The van der Waals surface area contributed by atoms with Crippen molar-refractivity contribution in [2.24, 2.45) is 5.92 Å². The molecule has 152 valence electrons. The predicted molar refractivity (Wildman–Crippen MR) is 104 cm³/mol. The normalized spacial score (nSPS) is 19.4. The Morgan fingerprint density at radius 2 is 2.18 bits per heavy atom. The van der Waals surface area contributed by atoms with E-state index in [1.54, 1.807) is 13.1 Å². The van der Waals surface area contributed by atoms with Gasteiger partial charge in [-0.3, -0.25) is 4.79 Å². The summed E-state index contributed by atoms with van der Waals surface area (Å²) in [5, 5.41) is 3.76. The first-order valence-corrected chi connectivity index (χ1v) is 9.78. The van der Waals surface area contributed by atoms with E-state index in [9.17, 15) is 9.59 Å². The van der Waals surface area contributed by atoms with E-state index in [1.165, 1.54) is 6.33 Å². The Balaban J connectivity index is 1.79. The summed E-state index contributed by atoms with van der Waals surface area (Å²) < 4.78 is 10.4. The van der Waals surface area contributed by atoms with Gasteiger partial charge in [-0.25, -0.2) is 14.8 Å². The maximum Gasteiger partial charge on any atom is 0.408 e. The van der Waals surface area contributed by atoms with Crippen molar-refractivity contribution in [2.75, 3.05) is 24.7 Å². The first-order valence-electron chi connectivity index (χ1n) is 9.78. The summed E-state index contributed by atoms with van der Waals surface area (Å²) in [7, 11) is 0. The van der Waals surface area contributed by atoms with Crippen molar-refractivity contribution in [3.05, 3.63) is 18.6 Å². The molecule has 0 aliphatic carbocycles. The number of H-pyrrole nitrogens is 1. The maximum absolute atomic E-state index is 12.3. The van der Waals surface area contributed by atoms with Crippen LogP contribution >= 0.6 is 0 Å². The Labute approximate surface area is 163 Å². The van der Waals surface area contributed by atoms with Gasteiger partial charge < -0.3 is 24.7 Å². The van der Waals surface area contributed by atoms with Crippen molar-refractivity contribution in [1.29, 1.82) is 0 Å². The number of esters is 1. The van der Waals surface area contributed by atoms with E-state index in [0.29, 0.717) is 38.4 Å². The minimum atomic E-state index is -0.493. The highest BCUT2D eigenvalue weighted by Crippen LogP contribution is 2.30. The summed E-state index contributed by atoms with van der Waals surface area (Å²) in [4.78, 5) is 38.2. The highest BCUT2D eigenvalue weighted by atomic mass is 16.5. The number of aromatic amines is 1. The standard InChI is InChI=1S/C19H27N5O4/c1-3-5-10-28-19(26)23-15-11-13(18(25)27-4-2)7-9-24(15)17-14-6-8-20-16(14)21-12-22-17/h6,8,12-13,15H,3-5,7,9-11H2,1-2H3,(H,23,26)(H,20,21,22). The lowest BCUT2D eigenvalue weighted by Gasteiger charge is -2.39. The van der Waals surface area contributed by atoms with Gasteiger partial charge in [-0.1, -0.05) is 13.3 Å². The largest absolute Gasteiger partial charge is 0.466 e. The fourth-order valence-electron chi connectivity index (χ4n) is 3.40. The lowest BCUT2D eigenvalue weighted by atomic mass is 9.94. The Morgan fingerprint density at radius 3 is 2.96 bits per heavy atom. The Morgan fingerprint density at radius 1 is 1.32 bits per heavy atom. The number of hydrogen-bond donors (Lipinski definition) is 2. The summed E-state index contributed by atoms with van der Waals surface area (Å²) in [6, 6.07) is 1.90. The average Bonchev–Trinajstić information content (AvgIpc) is 3.17. The third kappa shape index (κ3) is 4.52. The number of aromatic nitrogens is 3. The number of anilines is 1. The van der Waals surface area contributed by atoms with Crippen LogP contribution in [0.5, 0.6) is 0 Å². The van der Waals surface area contributed by atoms with E-state index >= 15 is 0 Å². The van der Waals surface area contributed by atoms with Gasteiger partial charge in [0.1, 0.15) is 24.0 Å². The van der Waals surface area contributed by atoms with Gasteiger partial charge in [0.25, 0.3) is 0 Å². The fourth-order valence-corrected chi connectivity index (χ4v) is 3.40. The molecule has 1 fully saturated rings. The van der Waals surface area contributed by atoms with Crippen LogP contribution in [0.25, 0.3) is 11.0 Å². The molecule has 2 N–H and O–H groups in total. The van der Waals surface area contributed by atoms with E-state index in [4.69, 9.17) is 9.47 Å². The molecule has 2 unspecified atom stereocenters. The fraction of sp³-hybridized carbons (Fsp3) is 0.579. The van der Waals surface area contributed by atoms with Gasteiger partial charge in [0, 0.05) is 12.7 Å². The van der Waals surface area contributed by atoms with Gasteiger partial charge in [-0.15, -0.1) is 0 Å². The van der Waals surface area contributed by atoms with Gasteiger partial charge in [-0.2, -0.15) is 0 Å². The molecule has 0 spiro atoms. The zero-order chi connectivity index (χ0) is 19.9. The number of alkyl carbamates (subject to hydrolysis) is 1. The molecule has 1 amide bonds. The lowest BCUT2D eigenvalue weighted by molar-refractivity contribution is -0.149. The van der Waals surface area contributed by atoms with E-state index in [0.717, 1.165) is 23.9 Å². The van der Waals surface area contributed by atoms with E-state index in [-0.39, 0.29) is 11.9 Å². The maximum atomic E-state index is 12.3. The van der Waals surface area contributed by atoms with Gasteiger partial charge in [0.2, 0.25) is 0 Å². The molecule has 3 heterocycles. The number of hydrogen-bond acceptors (Lipinski definition) is 7. The molecular weight excluding hydrogens is 362 g/mol. The molecule has 3 rings (SSSR count). The molecular formula is C19H27N5O4. The summed E-state index contributed by atoms with van der Waals surface area (Å²) in [6.07, 6.45) is 5.18. The zero-order valence-corrected chi connectivity index (χ0v) is 16.3. The van der Waals surface area contributed by atoms with Crippen molar-refractivity contribution < 1.29 is 19.1 Å². The van der Waals surface area contributed by atoms with Crippen LogP contribution in [0.4, 0.5) is 10.6 Å². The smallest absolute Gasteiger partial charge is 0.408 e. The van der Waals surface area contributed by atoms with Crippen LogP contribution in [-0.2, 0) is 14.3 Å². The average molecular weight is 389 g/mol. The van der Waals surface area contributed by atoms with Crippen LogP contribution in [0.1, 0.15) is 39.5 Å². The first-order chi connectivity index (χ1) is 13.6. The highest BCUT2D eigenvalue weighted by Gasteiger charge is 2.35. The summed E-state index contributed by atoms with van der Waals surface area (Å²) >= 11 is 0. The molecule has 0 bridgehead atoms. The third-order valence-electron chi connectivity index (χ3n) is 4.84. The van der Waals surface area contributed by atoms with E-state index in [2.05, 4.69) is 20.3 Å². The lowest BCUT2D eigenvalue weighted by Crippen LogP contribution is -2.54. The monoisotopic (exact) mass is 389 g/mol. The number of ether oxygens (including phenoxy) is 2.